The van der Waals surface area contributed by atoms with Gasteiger partial charge in [-0.1, -0.05) is 56.5 Å². The Morgan fingerprint density at radius 3 is 1.53 bits per heavy atom. The van der Waals surface area contributed by atoms with Crippen LogP contribution in [0.5, 0.6) is 0 Å². The number of aryl methyl sites for hydroxylation is 3. The number of rotatable bonds is 3. The van der Waals surface area contributed by atoms with E-state index in [1.54, 1.807) is 5.19 Å². The van der Waals surface area contributed by atoms with Crippen molar-refractivity contribution in [3.63, 3.8) is 0 Å². The topological polar surface area (TPSA) is 0 Å². The predicted octanol–water partition coefficient (Wildman–Crippen LogP) is 4.46. The number of hydrogen-bond donors (Lipinski definition) is 0. The van der Waals surface area contributed by atoms with Crippen LogP contribution in [0.15, 0.2) is 12.1 Å². The normalized spacial score (nSPS) is 12.6. The molecule has 96 valence electrons. The summed E-state index contributed by atoms with van der Waals surface area (Å²) in [4.78, 5) is 0. The van der Waals surface area contributed by atoms with Gasteiger partial charge in [-0.25, -0.2) is 0 Å². The first-order valence-corrected chi connectivity index (χ1v) is 10.5. The molecular formula is C15H27PSi. The summed E-state index contributed by atoms with van der Waals surface area (Å²) in [6.07, 6.45) is 0. The summed E-state index contributed by atoms with van der Waals surface area (Å²) in [7, 11) is 1.81. The quantitative estimate of drug-likeness (QED) is 0.560. The van der Waals surface area contributed by atoms with Crippen molar-refractivity contribution in [2.45, 2.75) is 59.5 Å². The second kappa shape index (κ2) is 5.24. The highest BCUT2D eigenvalue weighted by atomic mass is 31.3. The monoisotopic (exact) mass is 266 g/mol. The first kappa shape index (κ1) is 14.9. The van der Waals surface area contributed by atoms with E-state index in [9.17, 15) is 0 Å². The Hall–Kier alpha value is -0.133. The van der Waals surface area contributed by atoms with Gasteiger partial charge < -0.3 is 0 Å². The molecule has 17 heavy (non-hydrogen) atoms. The van der Waals surface area contributed by atoms with Crippen LogP contribution in [0.2, 0.25) is 11.1 Å². The summed E-state index contributed by atoms with van der Waals surface area (Å²) < 4.78 is 0. The molecule has 0 amide bonds. The van der Waals surface area contributed by atoms with Gasteiger partial charge in [0.1, 0.15) is 7.74 Å². The molecule has 1 atom stereocenters. The van der Waals surface area contributed by atoms with E-state index in [0.29, 0.717) is 0 Å². The van der Waals surface area contributed by atoms with E-state index in [4.69, 9.17) is 0 Å². The van der Waals surface area contributed by atoms with Crippen LogP contribution in [0.3, 0.4) is 0 Å². The van der Waals surface area contributed by atoms with Crippen molar-refractivity contribution in [2.24, 2.45) is 0 Å². The molecule has 0 aliphatic heterocycles. The SMILES string of the molecule is Cc1cc(C)c([Si](P)(C(C)C)C(C)C)c(C)c1. The largest absolute Gasteiger partial charge is 0.144 e. The average Bonchev–Trinajstić information content (AvgIpc) is 2.14. The summed E-state index contributed by atoms with van der Waals surface area (Å²) in [5, 5.41) is 1.66. The van der Waals surface area contributed by atoms with E-state index in [1.807, 2.05) is 0 Å². The summed E-state index contributed by atoms with van der Waals surface area (Å²) in [6.45, 7) is 16.3. The Morgan fingerprint density at radius 1 is 0.882 bits per heavy atom. The lowest BCUT2D eigenvalue weighted by atomic mass is 10.1. The molecule has 0 saturated heterocycles. The fraction of sp³-hybridized carbons (Fsp3) is 0.600. The van der Waals surface area contributed by atoms with Gasteiger partial charge in [-0.2, -0.15) is 0 Å². The Morgan fingerprint density at radius 2 is 1.24 bits per heavy atom. The Bertz CT molecular complexity index is 376. The van der Waals surface area contributed by atoms with E-state index in [2.05, 4.69) is 69.4 Å². The molecule has 1 aromatic rings. The van der Waals surface area contributed by atoms with Gasteiger partial charge in [-0.05, 0) is 37.0 Å². The van der Waals surface area contributed by atoms with Gasteiger partial charge in [0, 0.05) is 0 Å². The van der Waals surface area contributed by atoms with Gasteiger partial charge in [-0.15, -0.1) is 8.79 Å². The summed E-state index contributed by atoms with van der Waals surface area (Å²) in [5.41, 5.74) is 5.89. The van der Waals surface area contributed by atoms with Crippen molar-refractivity contribution in [2.75, 3.05) is 0 Å². The van der Waals surface area contributed by atoms with E-state index < -0.39 is 7.74 Å². The first-order chi connectivity index (χ1) is 7.71. The summed E-state index contributed by atoms with van der Waals surface area (Å²) in [6, 6.07) is 4.69. The third-order valence-electron chi connectivity index (χ3n) is 4.02. The Kier molecular flexibility index (Phi) is 4.60. The van der Waals surface area contributed by atoms with Crippen molar-refractivity contribution in [1.82, 2.24) is 0 Å². The summed E-state index contributed by atoms with van der Waals surface area (Å²) >= 11 is 0. The third kappa shape index (κ3) is 2.66. The number of hydrogen-bond acceptors (Lipinski definition) is 0. The minimum atomic E-state index is -1.48. The van der Waals surface area contributed by atoms with Gasteiger partial charge in [0.05, 0.1) is 0 Å². The molecule has 0 saturated carbocycles. The first-order valence-electron chi connectivity index (χ1n) is 6.58. The zero-order valence-electron chi connectivity index (χ0n) is 12.4. The lowest BCUT2D eigenvalue weighted by Crippen LogP contribution is -2.50. The predicted molar refractivity (Wildman–Crippen MR) is 85.9 cm³/mol. The van der Waals surface area contributed by atoms with E-state index >= 15 is 0 Å². The van der Waals surface area contributed by atoms with E-state index in [1.165, 1.54) is 16.7 Å². The van der Waals surface area contributed by atoms with Crippen LogP contribution in [0.25, 0.3) is 0 Å². The maximum atomic E-state index is 3.28. The van der Waals surface area contributed by atoms with Gasteiger partial charge in [0.2, 0.25) is 0 Å². The second-order valence-corrected chi connectivity index (χ2v) is 13.6. The van der Waals surface area contributed by atoms with Crippen molar-refractivity contribution >= 4 is 21.7 Å². The van der Waals surface area contributed by atoms with Crippen molar-refractivity contribution in [3.05, 3.63) is 28.8 Å². The molecule has 0 aromatic heterocycles. The van der Waals surface area contributed by atoms with Gasteiger partial charge >= 0.3 is 0 Å². The van der Waals surface area contributed by atoms with E-state index in [-0.39, 0.29) is 0 Å². The van der Waals surface area contributed by atoms with Crippen molar-refractivity contribution in [3.8, 4) is 0 Å². The fourth-order valence-electron chi connectivity index (χ4n) is 3.11. The minimum Gasteiger partial charge on any atom is -0.144 e. The Balaban J connectivity index is 3.50. The third-order valence-corrected chi connectivity index (χ3v) is 14.4. The average molecular weight is 266 g/mol. The van der Waals surface area contributed by atoms with E-state index in [0.717, 1.165) is 11.1 Å². The summed E-state index contributed by atoms with van der Waals surface area (Å²) in [5.74, 6) is 0. The highest BCUT2D eigenvalue weighted by Crippen LogP contribution is 2.38. The molecular weight excluding hydrogens is 239 g/mol. The maximum Gasteiger partial charge on any atom is 0.112 e. The molecule has 0 heterocycles. The molecule has 1 rings (SSSR count). The minimum absolute atomic E-state index is 0.757. The standard InChI is InChI=1S/C15H27PSi/c1-10(2)17(16,11(3)4)15-13(6)8-12(5)9-14(15)7/h8-11H,16H2,1-7H3. The molecule has 0 aliphatic rings. The molecule has 1 unspecified atom stereocenters. The van der Waals surface area contributed by atoms with Crippen molar-refractivity contribution < 1.29 is 0 Å². The molecule has 2 heteroatoms. The smallest absolute Gasteiger partial charge is 0.112 e. The molecule has 0 aliphatic carbocycles. The molecule has 0 fully saturated rings. The highest BCUT2D eigenvalue weighted by molar-refractivity contribution is 7.73. The van der Waals surface area contributed by atoms with Gasteiger partial charge in [0.25, 0.3) is 0 Å². The van der Waals surface area contributed by atoms with Crippen LogP contribution < -0.4 is 5.19 Å². The van der Waals surface area contributed by atoms with Gasteiger partial charge in [0.15, 0.2) is 0 Å². The lowest BCUT2D eigenvalue weighted by Gasteiger charge is -2.38. The number of benzene rings is 1. The van der Waals surface area contributed by atoms with Crippen LogP contribution in [0.4, 0.5) is 0 Å². The second-order valence-electron chi connectivity index (χ2n) is 6.02. The molecule has 1 aromatic carbocycles. The van der Waals surface area contributed by atoms with Crippen molar-refractivity contribution in [1.29, 1.82) is 0 Å². The fourth-order valence-corrected chi connectivity index (χ4v) is 8.47. The van der Waals surface area contributed by atoms with Crippen LogP contribution in [0.1, 0.15) is 44.4 Å². The van der Waals surface area contributed by atoms with Crippen LogP contribution in [0, 0.1) is 20.8 Å². The van der Waals surface area contributed by atoms with Crippen LogP contribution in [-0.4, -0.2) is 7.74 Å². The molecule has 0 N–H and O–H groups in total. The molecule has 0 spiro atoms. The van der Waals surface area contributed by atoms with Gasteiger partial charge in [-0.3, -0.25) is 0 Å². The Labute approximate surface area is 110 Å². The zero-order chi connectivity index (χ0) is 13.4. The molecule has 0 radical (unpaired) electrons. The zero-order valence-corrected chi connectivity index (χ0v) is 14.5. The van der Waals surface area contributed by atoms with Crippen LogP contribution in [-0.2, 0) is 0 Å². The molecule has 0 bridgehead atoms. The molecule has 0 nitrogen and oxygen atoms in total. The maximum absolute atomic E-state index is 3.28. The lowest BCUT2D eigenvalue weighted by molar-refractivity contribution is 0.939. The highest BCUT2D eigenvalue weighted by Gasteiger charge is 2.39. The van der Waals surface area contributed by atoms with Crippen LogP contribution >= 0.6 is 8.79 Å².